The topological polar surface area (TPSA) is 79.5 Å². The molecule has 116 valence electrons. The van der Waals surface area contributed by atoms with Crippen LogP contribution in [0, 0.1) is 5.92 Å². The number of amides is 1. The van der Waals surface area contributed by atoms with E-state index in [1.165, 1.54) is 19.3 Å². The number of rotatable bonds is 7. The van der Waals surface area contributed by atoms with Crippen LogP contribution in [0.2, 0.25) is 0 Å². The van der Waals surface area contributed by atoms with Crippen molar-refractivity contribution < 1.29 is 4.79 Å². The van der Waals surface area contributed by atoms with Crippen LogP contribution >= 0.6 is 0 Å². The van der Waals surface area contributed by atoms with Gasteiger partial charge in [-0.1, -0.05) is 33.1 Å². The zero-order valence-corrected chi connectivity index (χ0v) is 13.0. The standard InChI is InChI=1S/C15H30N4O/c1-12(2)8-10-17-15(16)18-11-9-14(20)19-13-6-4-3-5-7-13/h12-13H,3-11H2,1-2H3,(H,19,20)(H3,16,17,18). The fraction of sp³-hybridized carbons (Fsp3) is 0.867. The lowest BCUT2D eigenvalue weighted by molar-refractivity contribution is -0.121. The molecule has 1 aliphatic rings. The van der Waals surface area contributed by atoms with E-state index in [0.29, 0.717) is 30.9 Å². The second-order valence-electron chi connectivity index (χ2n) is 6.03. The first-order chi connectivity index (χ1) is 9.58. The molecule has 5 heteroatoms. The number of guanidine groups is 1. The molecule has 1 rings (SSSR count). The molecule has 0 saturated heterocycles. The van der Waals surface area contributed by atoms with Gasteiger partial charge in [-0.2, -0.15) is 0 Å². The average molecular weight is 282 g/mol. The third kappa shape index (κ3) is 8.02. The van der Waals surface area contributed by atoms with Gasteiger partial charge in [0.1, 0.15) is 0 Å². The van der Waals surface area contributed by atoms with Crippen LogP contribution in [0.4, 0.5) is 0 Å². The molecule has 20 heavy (non-hydrogen) atoms. The molecule has 1 aliphatic carbocycles. The van der Waals surface area contributed by atoms with Gasteiger partial charge in [-0.05, 0) is 25.2 Å². The van der Waals surface area contributed by atoms with E-state index in [4.69, 9.17) is 5.73 Å². The summed E-state index contributed by atoms with van der Waals surface area (Å²) < 4.78 is 0. The monoisotopic (exact) mass is 282 g/mol. The molecule has 1 fully saturated rings. The van der Waals surface area contributed by atoms with E-state index in [0.717, 1.165) is 25.8 Å². The molecule has 0 atom stereocenters. The number of aliphatic imine (C=N–C) groups is 1. The first-order valence-corrected chi connectivity index (χ1v) is 7.91. The Morgan fingerprint density at radius 1 is 1.30 bits per heavy atom. The zero-order valence-electron chi connectivity index (χ0n) is 13.0. The highest BCUT2D eigenvalue weighted by molar-refractivity contribution is 5.80. The van der Waals surface area contributed by atoms with Crippen LogP contribution in [-0.2, 0) is 4.79 Å². The van der Waals surface area contributed by atoms with Crippen molar-refractivity contribution in [1.82, 2.24) is 10.6 Å². The second kappa shape index (κ2) is 9.61. The van der Waals surface area contributed by atoms with Crippen LogP contribution in [0.1, 0.15) is 58.8 Å². The molecule has 1 amide bonds. The maximum Gasteiger partial charge on any atom is 0.221 e. The quantitative estimate of drug-likeness (QED) is 0.492. The molecule has 0 unspecified atom stereocenters. The van der Waals surface area contributed by atoms with Gasteiger partial charge in [0, 0.05) is 25.6 Å². The first-order valence-electron chi connectivity index (χ1n) is 7.91. The van der Waals surface area contributed by atoms with Gasteiger partial charge in [-0.3, -0.25) is 9.79 Å². The minimum atomic E-state index is 0.111. The number of nitrogens with two attached hydrogens (primary N) is 1. The van der Waals surface area contributed by atoms with Gasteiger partial charge in [0.05, 0.1) is 0 Å². The highest BCUT2D eigenvalue weighted by Gasteiger charge is 2.15. The van der Waals surface area contributed by atoms with Crippen molar-refractivity contribution in [3.8, 4) is 0 Å². The van der Waals surface area contributed by atoms with Crippen molar-refractivity contribution in [3.63, 3.8) is 0 Å². The molecular weight excluding hydrogens is 252 g/mol. The van der Waals surface area contributed by atoms with E-state index < -0.39 is 0 Å². The van der Waals surface area contributed by atoms with Crippen LogP contribution in [0.5, 0.6) is 0 Å². The van der Waals surface area contributed by atoms with Gasteiger partial charge in [-0.15, -0.1) is 0 Å². The van der Waals surface area contributed by atoms with Crippen molar-refractivity contribution in [2.45, 2.75) is 64.8 Å². The third-order valence-corrected chi connectivity index (χ3v) is 3.62. The Labute approximate surface area is 122 Å². The van der Waals surface area contributed by atoms with Crippen LogP contribution < -0.4 is 16.4 Å². The number of hydrogen-bond donors (Lipinski definition) is 3. The van der Waals surface area contributed by atoms with Crippen LogP contribution in [0.25, 0.3) is 0 Å². The first kappa shape index (κ1) is 16.8. The summed E-state index contributed by atoms with van der Waals surface area (Å²) in [4.78, 5) is 16.0. The molecule has 5 nitrogen and oxygen atoms in total. The number of nitrogens with one attached hydrogen (secondary N) is 2. The lowest BCUT2D eigenvalue weighted by Crippen LogP contribution is -2.39. The smallest absolute Gasteiger partial charge is 0.221 e. The van der Waals surface area contributed by atoms with Crippen LogP contribution in [-0.4, -0.2) is 31.0 Å². The Morgan fingerprint density at radius 2 is 2.00 bits per heavy atom. The molecule has 0 heterocycles. The van der Waals surface area contributed by atoms with E-state index >= 15 is 0 Å². The minimum absolute atomic E-state index is 0.111. The Bertz CT molecular complexity index is 309. The Morgan fingerprint density at radius 3 is 2.65 bits per heavy atom. The van der Waals surface area contributed by atoms with Crippen LogP contribution in [0.3, 0.4) is 0 Å². The van der Waals surface area contributed by atoms with Gasteiger partial charge < -0.3 is 16.4 Å². The lowest BCUT2D eigenvalue weighted by Gasteiger charge is -2.22. The highest BCUT2D eigenvalue weighted by atomic mass is 16.1. The fourth-order valence-corrected chi connectivity index (χ4v) is 2.35. The molecule has 0 aromatic heterocycles. The predicted molar refractivity (Wildman–Crippen MR) is 83.6 cm³/mol. The summed E-state index contributed by atoms with van der Waals surface area (Å²) in [7, 11) is 0. The fourth-order valence-electron chi connectivity index (χ4n) is 2.35. The highest BCUT2D eigenvalue weighted by Crippen LogP contribution is 2.17. The van der Waals surface area contributed by atoms with Crippen molar-refractivity contribution in [2.24, 2.45) is 16.6 Å². The van der Waals surface area contributed by atoms with E-state index in [-0.39, 0.29) is 5.91 Å². The zero-order chi connectivity index (χ0) is 14.8. The minimum Gasteiger partial charge on any atom is -0.370 e. The van der Waals surface area contributed by atoms with E-state index in [9.17, 15) is 4.79 Å². The molecular formula is C15H30N4O. The van der Waals surface area contributed by atoms with E-state index in [1.54, 1.807) is 0 Å². The van der Waals surface area contributed by atoms with Crippen molar-refractivity contribution in [2.75, 3.05) is 13.1 Å². The second-order valence-corrected chi connectivity index (χ2v) is 6.03. The maximum absolute atomic E-state index is 11.8. The molecule has 0 aromatic rings. The van der Waals surface area contributed by atoms with Crippen molar-refractivity contribution in [3.05, 3.63) is 0 Å². The lowest BCUT2D eigenvalue weighted by atomic mass is 9.95. The van der Waals surface area contributed by atoms with Gasteiger partial charge in [0.15, 0.2) is 5.96 Å². The van der Waals surface area contributed by atoms with E-state index in [1.807, 2.05) is 0 Å². The van der Waals surface area contributed by atoms with Gasteiger partial charge >= 0.3 is 0 Å². The van der Waals surface area contributed by atoms with Gasteiger partial charge in [0.2, 0.25) is 5.91 Å². The molecule has 1 saturated carbocycles. The van der Waals surface area contributed by atoms with Gasteiger partial charge in [0.25, 0.3) is 0 Å². The summed E-state index contributed by atoms with van der Waals surface area (Å²) >= 11 is 0. The molecule has 0 spiro atoms. The molecule has 0 aliphatic heterocycles. The largest absolute Gasteiger partial charge is 0.370 e. The summed E-state index contributed by atoms with van der Waals surface area (Å²) in [6, 6.07) is 0.383. The molecule has 0 aromatic carbocycles. The summed E-state index contributed by atoms with van der Waals surface area (Å²) in [6.45, 7) is 5.61. The number of nitrogens with zero attached hydrogens (tertiary/aromatic N) is 1. The van der Waals surface area contributed by atoms with Crippen molar-refractivity contribution >= 4 is 11.9 Å². The third-order valence-electron chi connectivity index (χ3n) is 3.62. The van der Waals surface area contributed by atoms with E-state index in [2.05, 4.69) is 29.5 Å². The normalized spacial score (nSPS) is 17.2. The predicted octanol–water partition coefficient (Wildman–Crippen LogP) is 1.78. The SMILES string of the molecule is CC(C)CCN=C(N)NCCC(=O)NC1CCCCC1. The number of hydrogen-bond acceptors (Lipinski definition) is 2. The number of carbonyl (C=O) groups excluding carboxylic acids is 1. The summed E-state index contributed by atoms with van der Waals surface area (Å²) in [5, 5.41) is 6.08. The summed E-state index contributed by atoms with van der Waals surface area (Å²) in [5.74, 6) is 1.18. The molecule has 0 bridgehead atoms. The Balaban J connectivity index is 2.08. The summed E-state index contributed by atoms with van der Waals surface area (Å²) in [6.07, 6.45) is 7.51. The summed E-state index contributed by atoms with van der Waals surface area (Å²) in [5.41, 5.74) is 5.74. The van der Waals surface area contributed by atoms with Crippen LogP contribution in [0.15, 0.2) is 4.99 Å². The molecule has 0 radical (unpaired) electrons. The number of carbonyl (C=O) groups is 1. The Kier molecular flexibility index (Phi) is 8.07. The van der Waals surface area contributed by atoms with Gasteiger partial charge in [-0.25, -0.2) is 0 Å². The average Bonchev–Trinajstić information content (AvgIpc) is 2.39. The van der Waals surface area contributed by atoms with Crippen molar-refractivity contribution in [1.29, 1.82) is 0 Å². The maximum atomic E-state index is 11.8. The Hall–Kier alpha value is -1.26. The molecule has 4 N–H and O–H groups in total.